The maximum atomic E-state index is 5.99. The molecule has 4 heteroatoms. The van der Waals surface area contributed by atoms with Crippen molar-refractivity contribution in [2.45, 2.75) is 45.4 Å². The van der Waals surface area contributed by atoms with E-state index >= 15 is 0 Å². The van der Waals surface area contributed by atoms with E-state index in [9.17, 15) is 0 Å². The molecule has 1 atom stereocenters. The lowest BCUT2D eigenvalue weighted by atomic mass is 10.1. The third-order valence-corrected chi connectivity index (χ3v) is 3.36. The first kappa shape index (κ1) is 15.1. The van der Waals surface area contributed by atoms with Gasteiger partial charge in [-0.05, 0) is 57.1 Å². The van der Waals surface area contributed by atoms with E-state index in [2.05, 4.69) is 31.8 Å². The number of nitrogens with two attached hydrogens (primary N) is 1. The molecule has 0 bridgehead atoms. The summed E-state index contributed by atoms with van der Waals surface area (Å²) in [6, 6.07) is 6.39. The van der Waals surface area contributed by atoms with Crippen molar-refractivity contribution in [3.05, 3.63) is 23.8 Å². The first-order chi connectivity index (χ1) is 8.31. The van der Waals surface area contributed by atoms with Gasteiger partial charge in [0, 0.05) is 6.04 Å². The van der Waals surface area contributed by atoms with Crippen molar-refractivity contribution < 1.29 is 9.16 Å². The minimum atomic E-state index is -1.60. The van der Waals surface area contributed by atoms with Crippen LogP contribution in [0.15, 0.2) is 18.2 Å². The lowest BCUT2D eigenvalue weighted by molar-refractivity contribution is 0.391. The van der Waals surface area contributed by atoms with Crippen LogP contribution < -0.4 is 14.9 Å². The number of methoxy groups -OCH3 is 1. The lowest BCUT2D eigenvalue weighted by Gasteiger charge is -2.21. The van der Waals surface area contributed by atoms with Gasteiger partial charge in [0.1, 0.15) is 5.75 Å². The minimum absolute atomic E-state index is 0.230. The largest absolute Gasteiger partial charge is 0.542 e. The highest BCUT2D eigenvalue weighted by atomic mass is 28.4. The van der Waals surface area contributed by atoms with Crippen molar-refractivity contribution in [3.8, 4) is 11.5 Å². The molecule has 1 aromatic carbocycles. The molecule has 0 aromatic heterocycles. The Kier molecular flexibility index (Phi) is 5.23. The van der Waals surface area contributed by atoms with Gasteiger partial charge >= 0.3 is 0 Å². The molecule has 0 fully saturated rings. The average molecular weight is 267 g/mol. The van der Waals surface area contributed by atoms with Crippen molar-refractivity contribution >= 4 is 8.32 Å². The molecular weight excluding hydrogens is 242 g/mol. The predicted molar refractivity (Wildman–Crippen MR) is 78.9 cm³/mol. The second-order valence-corrected chi connectivity index (χ2v) is 10.1. The zero-order chi connectivity index (χ0) is 13.8. The van der Waals surface area contributed by atoms with Crippen LogP contribution in [0.4, 0.5) is 0 Å². The molecule has 0 heterocycles. The third-order valence-electron chi connectivity index (χ3n) is 2.53. The average Bonchev–Trinajstić information content (AvgIpc) is 2.25. The molecule has 0 saturated heterocycles. The van der Waals surface area contributed by atoms with Crippen LogP contribution in [-0.4, -0.2) is 21.5 Å². The molecular formula is C14H25NO2Si. The number of benzene rings is 1. The monoisotopic (exact) mass is 267 g/mol. The van der Waals surface area contributed by atoms with Crippen LogP contribution in [-0.2, 0) is 6.42 Å². The number of aryl methyl sites for hydroxylation is 1. The summed E-state index contributed by atoms with van der Waals surface area (Å²) in [5, 5.41) is 0. The zero-order valence-corrected chi connectivity index (χ0v) is 13.1. The Morgan fingerprint density at radius 1 is 1.22 bits per heavy atom. The van der Waals surface area contributed by atoms with E-state index in [-0.39, 0.29) is 6.04 Å². The Balaban J connectivity index is 2.83. The maximum Gasteiger partial charge on any atom is 0.242 e. The van der Waals surface area contributed by atoms with Gasteiger partial charge in [0.05, 0.1) is 7.11 Å². The van der Waals surface area contributed by atoms with Gasteiger partial charge in [-0.25, -0.2) is 0 Å². The van der Waals surface area contributed by atoms with Gasteiger partial charge in [-0.2, -0.15) is 0 Å². The van der Waals surface area contributed by atoms with Crippen LogP contribution in [0.1, 0.15) is 18.9 Å². The topological polar surface area (TPSA) is 44.5 Å². The van der Waals surface area contributed by atoms with E-state index in [0.29, 0.717) is 0 Å². The second-order valence-electron chi connectivity index (χ2n) is 5.72. The molecule has 0 aliphatic rings. The number of ether oxygens (including phenoxy) is 1. The Bertz CT molecular complexity index is 386. The second kappa shape index (κ2) is 6.25. The summed E-state index contributed by atoms with van der Waals surface area (Å²) in [7, 11) is 0.0828. The van der Waals surface area contributed by atoms with Crippen LogP contribution >= 0.6 is 0 Å². The Hall–Kier alpha value is -1.00. The van der Waals surface area contributed by atoms with Gasteiger partial charge in [0.25, 0.3) is 0 Å². The first-order valence-electron chi connectivity index (χ1n) is 6.43. The van der Waals surface area contributed by atoms with Crippen molar-refractivity contribution in [1.29, 1.82) is 0 Å². The van der Waals surface area contributed by atoms with Crippen LogP contribution in [0, 0.1) is 0 Å². The highest BCUT2D eigenvalue weighted by molar-refractivity contribution is 6.70. The van der Waals surface area contributed by atoms with E-state index in [1.807, 2.05) is 13.0 Å². The van der Waals surface area contributed by atoms with E-state index < -0.39 is 8.32 Å². The van der Waals surface area contributed by atoms with Gasteiger partial charge < -0.3 is 14.9 Å². The zero-order valence-electron chi connectivity index (χ0n) is 12.1. The molecule has 18 heavy (non-hydrogen) atoms. The fourth-order valence-electron chi connectivity index (χ4n) is 1.68. The Morgan fingerprint density at radius 2 is 1.89 bits per heavy atom. The van der Waals surface area contributed by atoms with E-state index in [1.54, 1.807) is 7.11 Å². The Labute approximate surface area is 111 Å². The van der Waals surface area contributed by atoms with Gasteiger partial charge in [-0.1, -0.05) is 6.07 Å². The van der Waals surface area contributed by atoms with Crippen molar-refractivity contribution in [2.75, 3.05) is 7.11 Å². The lowest BCUT2D eigenvalue weighted by Crippen LogP contribution is -2.29. The van der Waals surface area contributed by atoms with Crippen molar-refractivity contribution in [1.82, 2.24) is 0 Å². The maximum absolute atomic E-state index is 5.99. The van der Waals surface area contributed by atoms with Crippen LogP contribution in [0.25, 0.3) is 0 Å². The SMILES string of the molecule is COc1cc(CCC(C)N)ccc1O[Si](C)(C)C. The summed E-state index contributed by atoms with van der Waals surface area (Å²) in [4.78, 5) is 0. The predicted octanol–water partition coefficient (Wildman–Crippen LogP) is 3.19. The summed E-state index contributed by atoms with van der Waals surface area (Å²) in [6.45, 7) is 8.52. The quantitative estimate of drug-likeness (QED) is 0.805. The number of rotatable bonds is 6. The standard InChI is InChI=1S/C14H25NO2Si/c1-11(15)6-7-12-8-9-13(14(10-12)16-2)17-18(3,4)5/h8-11H,6-7,15H2,1-5H3. The molecule has 3 nitrogen and oxygen atoms in total. The first-order valence-corrected chi connectivity index (χ1v) is 9.84. The third kappa shape index (κ3) is 5.10. The summed E-state index contributed by atoms with van der Waals surface area (Å²) < 4.78 is 11.4. The van der Waals surface area contributed by atoms with Crippen LogP contribution in [0.2, 0.25) is 19.6 Å². The van der Waals surface area contributed by atoms with Gasteiger partial charge in [0.15, 0.2) is 5.75 Å². The molecule has 1 unspecified atom stereocenters. The molecule has 0 aliphatic carbocycles. The summed E-state index contributed by atoms with van der Waals surface area (Å²) in [6.07, 6.45) is 1.96. The molecule has 102 valence electrons. The highest BCUT2D eigenvalue weighted by Gasteiger charge is 2.18. The molecule has 0 saturated carbocycles. The summed E-state index contributed by atoms with van der Waals surface area (Å²) in [5.74, 6) is 1.67. The molecule has 2 N–H and O–H groups in total. The normalized spacial score (nSPS) is 13.2. The molecule has 0 radical (unpaired) electrons. The highest BCUT2D eigenvalue weighted by Crippen LogP contribution is 2.30. The van der Waals surface area contributed by atoms with Crippen LogP contribution in [0.3, 0.4) is 0 Å². The van der Waals surface area contributed by atoms with Gasteiger partial charge in [-0.3, -0.25) is 0 Å². The molecule has 1 aromatic rings. The summed E-state index contributed by atoms with van der Waals surface area (Å²) >= 11 is 0. The van der Waals surface area contributed by atoms with E-state index in [4.69, 9.17) is 14.9 Å². The van der Waals surface area contributed by atoms with Crippen molar-refractivity contribution in [3.63, 3.8) is 0 Å². The fraction of sp³-hybridized carbons (Fsp3) is 0.571. The van der Waals surface area contributed by atoms with Gasteiger partial charge in [0.2, 0.25) is 8.32 Å². The number of hydrogen-bond acceptors (Lipinski definition) is 3. The fourth-order valence-corrected chi connectivity index (χ4v) is 2.50. The minimum Gasteiger partial charge on any atom is -0.542 e. The van der Waals surface area contributed by atoms with E-state index in [1.165, 1.54) is 5.56 Å². The molecule has 1 rings (SSSR count). The van der Waals surface area contributed by atoms with Crippen molar-refractivity contribution in [2.24, 2.45) is 5.73 Å². The summed E-state index contributed by atoms with van der Waals surface area (Å²) in [5.41, 5.74) is 7.02. The molecule has 0 aliphatic heterocycles. The van der Waals surface area contributed by atoms with Crippen LogP contribution in [0.5, 0.6) is 11.5 Å². The molecule has 0 spiro atoms. The smallest absolute Gasteiger partial charge is 0.242 e. The number of hydrogen-bond donors (Lipinski definition) is 1. The van der Waals surface area contributed by atoms with E-state index in [0.717, 1.165) is 24.3 Å². The Morgan fingerprint density at radius 3 is 2.39 bits per heavy atom. The van der Waals surface area contributed by atoms with Gasteiger partial charge in [-0.15, -0.1) is 0 Å². The molecule has 0 amide bonds.